The van der Waals surface area contributed by atoms with E-state index in [1.54, 1.807) is 17.0 Å². The Bertz CT molecular complexity index is 1130. The molecule has 2 bridgehead atoms. The zero-order valence-electron chi connectivity index (χ0n) is 20.8. The second-order valence-corrected chi connectivity index (χ2v) is 12.5. The number of amides is 3. The van der Waals surface area contributed by atoms with Crippen LogP contribution in [0.4, 0.5) is 5.13 Å². The standard InChI is InChI=1S/C27H34N4O3S/c1-26(2)12-21-13-27(3,16-26)17-31(21)23(33)11-19-15-35-25(28-19)29-22(32)14-30(20-9-10-20)24(34)18-7-5-4-6-8-18/h4-8,15,20-21H,9-14,16-17H2,1-3H3,(H,28,29,32). The lowest BCUT2D eigenvalue weighted by Crippen LogP contribution is -2.39. The molecule has 2 atom stereocenters. The van der Waals surface area contributed by atoms with Crippen molar-refractivity contribution in [2.24, 2.45) is 10.8 Å². The Balaban J connectivity index is 1.17. The highest BCUT2D eigenvalue weighted by atomic mass is 32.1. The minimum atomic E-state index is -0.267. The average molecular weight is 495 g/mol. The van der Waals surface area contributed by atoms with Crippen molar-refractivity contribution in [2.75, 3.05) is 18.4 Å². The second-order valence-electron chi connectivity index (χ2n) is 11.6. The van der Waals surface area contributed by atoms with Gasteiger partial charge in [-0.3, -0.25) is 14.4 Å². The van der Waals surface area contributed by atoms with Crippen LogP contribution in [0.2, 0.25) is 0 Å². The van der Waals surface area contributed by atoms with Crippen LogP contribution in [0.5, 0.6) is 0 Å². The van der Waals surface area contributed by atoms with E-state index in [-0.39, 0.29) is 47.6 Å². The third kappa shape index (κ3) is 5.42. The quantitative estimate of drug-likeness (QED) is 0.620. The van der Waals surface area contributed by atoms with Crippen molar-refractivity contribution in [3.8, 4) is 0 Å². The van der Waals surface area contributed by atoms with Crippen LogP contribution < -0.4 is 5.32 Å². The van der Waals surface area contributed by atoms with E-state index in [0.717, 1.165) is 38.6 Å². The van der Waals surface area contributed by atoms with Crippen LogP contribution in [0, 0.1) is 10.8 Å². The molecule has 3 amide bonds. The monoisotopic (exact) mass is 494 g/mol. The van der Waals surface area contributed by atoms with Crippen LogP contribution in [-0.2, 0) is 16.0 Å². The Morgan fingerprint density at radius 1 is 1.14 bits per heavy atom. The van der Waals surface area contributed by atoms with Crippen molar-refractivity contribution in [1.29, 1.82) is 0 Å². The third-order valence-electron chi connectivity index (χ3n) is 7.45. The molecule has 2 aromatic rings. The molecule has 2 aliphatic carbocycles. The van der Waals surface area contributed by atoms with E-state index in [2.05, 4.69) is 36.0 Å². The van der Waals surface area contributed by atoms with E-state index >= 15 is 0 Å². The van der Waals surface area contributed by atoms with Gasteiger partial charge < -0.3 is 15.1 Å². The lowest BCUT2D eigenvalue weighted by molar-refractivity contribution is -0.131. The van der Waals surface area contributed by atoms with Gasteiger partial charge in [0.25, 0.3) is 5.91 Å². The number of anilines is 1. The van der Waals surface area contributed by atoms with Gasteiger partial charge in [0.2, 0.25) is 11.8 Å². The number of likely N-dealkylation sites (tertiary alicyclic amines) is 1. The van der Waals surface area contributed by atoms with E-state index in [9.17, 15) is 14.4 Å². The molecule has 186 valence electrons. The molecule has 3 aliphatic rings. The fourth-order valence-corrected chi connectivity index (χ4v) is 6.99. The Labute approximate surface area is 210 Å². The number of rotatable bonds is 7. The maximum Gasteiger partial charge on any atom is 0.254 e. The van der Waals surface area contributed by atoms with Crippen LogP contribution in [0.25, 0.3) is 0 Å². The van der Waals surface area contributed by atoms with Crippen molar-refractivity contribution in [2.45, 2.75) is 71.4 Å². The number of thiazole rings is 1. The highest BCUT2D eigenvalue weighted by Crippen LogP contribution is 2.52. The van der Waals surface area contributed by atoms with E-state index in [1.165, 1.54) is 11.3 Å². The summed E-state index contributed by atoms with van der Waals surface area (Å²) >= 11 is 1.32. The molecule has 1 aromatic carbocycles. The zero-order chi connectivity index (χ0) is 24.8. The normalized spacial score (nSPS) is 24.8. The van der Waals surface area contributed by atoms with Crippen LogP contribution in [0.3, 0.4) is 0 Å². The minimum Gasteiger partial charge on any atom is -0.339 e. The third-order valence-corrected chi connectivity index (χ3v) is 8.26. The first-order valence-electron chi connectivity index (χ1n) is 12.5. The summed E-state index contributed by atoms with van der Waals surface area (Å²) in [7, 11) is 0. The number of fused-ring (bicyclic) bond motifs is 2. The molecule has 0 spiro atoms. The molecule has 0 radical (unpaired) electrons. The lowest BCUT2D eigenvalue weighted by Gasteiger charge is -2.39. The molecule has 5 rings (SSSR count). The Morgan fingerprint density at radius 2 is 1.89 bits per heavy atom. The molecule has 2 heterocycles. The molecule has 1 aliphatic heterocycles. The Morgan fingerprint density at radius 3 is 2.60 bits per heavy atom. The summed E-state index contributed by atoms with van der Waals surface area (Å²) in [6.07, 6.45) is 5.37. The lowest BCUT2D eigenvalue weighted by atomic mass is 9.65. The zero-order valence-corrected chi connectivity index (χ0v) is 21.6. The van der Waals surface area contributed by atoms with Gasteiger partial charge in [-0.1, -0.05) is 39.0 Å². The summed E-state index contributed by atoms with van der Waals surface area (Å²) in [4.78, 5) is 47.0. The topological polar surface area (TPSA) is 82.6 Å². The average Bonchev–Trinajstić information content (AvgIpc) is 3.48. The van der Waals surface area contributed by atoms with E-state index in [1.807, 2.05) is 23.6 Å². The van der Waals surface area contributed by atoms with Crippen LogP contribution in [0.1, 0.15) is 68.9 Å². The van der Waals surface area contributed by atoms with Gasteiger partial charge in [-0.05, 0) is 55.1 Å². The molecule has 8 heteroatoms. The Kier molecular flexibility index (Phi) is 6.20. The van der Waals surface area contributed by atoms with Gasteiger partial charge in [-0.25, -0.2) is 4.98 Å². The molecule has 2 saturated carbocycles. The number of hydrogen-bond acceptors (Lipinski definition) is 5. The minimum absolute atomic E-state index is 0.00390. The SMILES string of the molecule is CC1(C)CC2CC(C)(CN2C(=O)Cc2csc(NC(=O)CN(C(=O)c3ccccc3)C3CC3)n2)C1. The van der Waals surface area contributed by atoms with Crippen molar-refractivity contribution in [1.82, 2.24) is 14.8 Å². The predicted octanol–water partition coefficient (Wildman–Crippen LogP) is 4.36. The summed E-state index contributed by atoms with van der Waals surface area (Å²) < 4.78 is 0. The fourth-order valence-electron chi connectivity index (χ4n) is 6.27. The maximum atomic E-state index is 13.1. The summed E-state index contributed by atoms with van der Waals surface area (Å²) in [5, 5.41) is 5.14. The molecule has 7 nitrogen and oxygen atoms in total. The smallest absolute Gasteiger partial charge is 0.254 e. The predicted molar refractivity (Wildman–Crippen MR) is 136 cm³/mol. The second kappa shape index (κ2) is 9.04. The first kappa shape index (κ1) is 24.0. The molecule has 1 saturated heterocycles. The van der Waals surface area contributed by atoms with Gasteiger partial charge in [-0.15, -0.1) is 11.3 Å². The van der Waals surface area contributed by atoms with Crippen LogP contribution in [-0.4, -0.2) is 57.7 Å². The van der Waals surface area contributed by atoms with E-state index < -0.39 is 0 Å². The van der Waals surface area contributed by atoms with Gasteiger partial charge in [0, 0.05) is 29.6 Å². The highest BCUT2D eigenvalue weighted by molar-refractivity contribution is 7.13. The number of carbonyl (C=O) groups is 3. The molecule has 2 unspecified atom stereocenters. The molecule has 3 fully saturated rings. The van der Waals surface area contributed by atoms with Crippen LogP contribution in [0.15, 0.2) is 35.7 Å². The molecule has 35 heavy (non-hydrogen) atoms. The molecule has 1 N–H and O–H groups in total. The van der Waals surface area contributed by atoms with E-state index in [0.29, 0.717) is 22.4 Å². The summed E-state index contributed by atoms with van der Waals surface area (Å²) in [5.41, 5.74) is 1.74. The summed E-state index contributed by atoms with van der Waals surface area (Å²) in [6, 6.07) is 9.49. The largest absolute Gasteiger partial charge is 0.339 e. The number of nitrogens with zero attached hydrogens (tertiary/aromatic N) is 3. The van der Waals surface area contributed by atoms with E-state index in [4.69, 9.17) is 0 Å². The summed E-state index contributed by atoms with van der Waals surface area (Å²) in [5.74, 6) is -0.272. The fraction of sp³-hybridized carbons (Fsp3) is 0.556. The van der Waals surface area contributed by atoms with Gasteiger partial charge in [-0.2, -0.15) is 0 Å². The van der Waals surface area contributed by atoms with Gasteiger partial charge in [0.05, 0.1) is 12.1 Å². The summed E-state index contributed by atoms with van der Waals surface area (Å²) in [6.45, 7) is 7.73. The highest BCUT2D eigenvalue weighted by Gasteiger charge is 2.50. The number of hydrogen-bond donors (Lipinski definition) is 1. The number of carbonyl (C=O) groups excluding carboxylic acids is 3. The van der Waals surface area contributed by atoms with Gasteiger partial charge in [0.1, 0.15) is 6.54 Å². The number of benzene rings is 1. The van der Waals surface area contributed by atoms with Crippen molar-refractivity contribution in [3.05, 3.63) is 47.0 Å². The first-order valence-corrected chi connectivity index (χ1v) is 13.4. The van der Waals surface area contributed by atoms with Crippen molar-refractivity contribution >= 4 is 34.2 Å². The Hall–Kier alpha value is -2.74. The van der Waals surface area contributed by atoms with Gasteiger partial charge in [0.15, 0.2) is 5.13 Å². The molecular weight excluding hydrogens is 460 g/mol. The maximum absolute atomic E-state index is 13.1. The number of aromatic nitrogens is 1. The van der Waals surface area contributed by atoms with Gasteiger partial charge >= 0.3 is 0 Å². The van der Waals surface area contributed by atoms with Crippen LogP contribution >= 0.6 is 11.3 Å². The number of nitrogens with one attached hydrogen (secondary N) is 1. The molecule has 1 aromatic heterocycles. The molecular formula is C27H34N4O3S. The van der Waals surface area contributed by atoms with Crippen molar-refractivity contribution in [3.63, 3.8) is 0 Å². The first-order chi connectivity index (χ1) is 16.6. The van der Waals surface area contributed by atoms with Crippen molar-refractivity contribution < 1.29 is 14.4 Å².